The molecule has 0 aromatic heterocycles. The van der Waals surface area contributed by atoms with Crippen molar-refractivity contribution in [1.82, 2.24) is 10.2 Å². The van der Waals surface area contributed by atoms with E-state index in [9.17, 15) is 4.79 Å². The van der Waals surface area contributed by atoms with Crippen molar-refractivity contribution in [2.24, 2.45) is 5.73 Å². The van der Waals surface area contributed by atoms with Crippen LogP contribution in [0, 0.1) is 0 Å². The molecule has 0 radical (unpaired) electrons. The molecule has 1 aliphatic heterocycles. The lowest BCUT2D eigenvalue weighted by Gasteiger charge is -2.40. The smallest absolute Gasteiger partial charge is 0.319 e. The molecule has 134 valence electrons. The minimum Gasteiger partial charge on any atom is -0.497 e. The van der Waals surface area contributed by atoms with Gasteiger partial charge in [-0.15, -0.1) is 0 Å². The second-order valence-corrected chi connectivity index (χ2v) is 6.59. The molecule has 24 heavy (non-hydrogen) atoms. The van der Waals surface area contributed by atoms with Crippen molar-refractivity contribution < 1.29 is 9.53 Å². The molecule has 0 bridgehead atoms. The van der Waals surface area contributed by atoms with Crippen molar-refractivity contribution in [3.8, 4) is 5.75 Å². The summed E-state index contributed by atoms with van der Waals surface area (Å²) in [4.78, 5) is 14.7. The molecule has 0 spiro atoms. The zero-order valence-corrected chi connectivity index (χ0v) is 14.9. The van der Waals surface area contributed by atoms with Gasteiger partial charge in [-0.1, -0.05) is 6.42 Å². The van der Waals surface area contributed by atoms with Crippen LogP contribution >= 0.6 is 0 Å². The number of carbonyl (C=O) groups excluding carboxylic acids is 1. The largest absolute Gasteiger partial charge is 0.497 e. The van der Waals surface area contributed by atoms with Crippen molar-refractivity contribution >= 4 is 11.7 Å². The van der Waals surface area contributed by atoms with Crippen LogP contribution in [-0.2, 0) is 0 Å². The number of benzene rings is 1. The molecule has 1 saturated heterocycles. The van der Waals surface area contributed by atoms with E-state index in [1.165, 1.54) is 19.3 Å². The number of anilines is 1. The van der Waals surface area contributed by atoms with Gasteiger partial charge < -0.3 is 21.1 Å². The Kier molecular flexibility index (Phi) is 6.87. The molecule has 3 atom stereocenters. The third-order valence-electron chi connectivity index (χ3n) is 4.77. The van der Waals surface area contributed by atoms with Gasteiger partial charge in [-0.25, -0.2) is 4.79 Å². The third kappa shape index (κ3) is 5.11. The van der Waals surface area contributed by atoms with E-state index in [0.29, 0.717) is 18.6 Å². The first kappa shape index (κ1) is 18.5. The topological polar surface area (TPSA) is 79.6 Å². The van der Waals surface area contributed by atoms with Gasteiger partial charge in [0.2, 0.25) is 0 Å². The van der Waals surface area contributed by atoms with Gasteiger partial charge in [0.05, 0.1) is 13.2 Å². The maximum absolute atomic E-state index is 12.2. The average Bonchev–Trinajstić information content (AvgIpc) is 2.58. The fourth-order valence-electron chi connectivity index (χ4n) is 3.30. The summed E-state index contributed by atoms with van der Waals surface area (Å²) in [6, 6.07) is 8.03. The Morgan fingerprint density at radius 1 is 1.29 bits per heavy atom. The van der Waals surface area contributed by atoms with Gasteiger partial charge in [-0.05, 0) is 51.0 Å². The van der Waals surface area contributed by atoms with Gasteiger partial charge in [0.1, 0.15) is 5.75 Å². The number of ether oxygens (including phenoxy) is 1. The fourth-order valence-corrected chi connectivity index (χ4v) is 3.30. The highest BCUT2D eigenvalue weighted by Gasteiger charge is 2.27. The fraction of sp³-hybridized carbons (Fsp3) is 0.611. The van der Waals surface area contributed by atoms with E-state index in [2.05, 4.69) is 29.4 Å². The quantitative estimate of drug-likeness (QED) is 0.746. The highest BCUT2D eigenvalue weighted by Crippen LogP contribution is 2.22. The maximum Gasteiger partial charge on any atom is 0.319 e. The third-order valence-corrected chi connectivity index (χ3v) is 4.77. The predicted octanol–water partition coefficient (Wildman–Crippen LogP) is 2.41. The molecule has 0 saturated carbocycles. The number of rotatable bonds is 6. The lowest BCUT2D eigenvalue weighted by molar-refractivity contribution is 0.0933. The number of carbonyl (C=O) groups is 1. The van der Waals surface area contributed by atoms with E-state index >= 15 is 0 Å². The summed E-state index contributed by atoms with van der Waals surface area (Å²) < 4.78 is 5.11. The molecule has 6 nitrogen and oxygen atoms in total. The van der Waals surface area contributed by atoms with Crippen LogP contribution in [0.2, 0.25) is 0 Å². The van der Waals surface area contributed by atoms with E-state index < -0.39 is 0 Å². The Balaban J connectivity index is 1.87. The summed E-state index contributed by atoms with van der Waals surface area (Å²) in [7, 11) is 1.61. The Hall–Kier alpha value is -1.79. The number of amides is 2. The molecule has 1 aromatic rings. The van der Waals surface area contributed by atoms with Crippen LogP contribution < -0.4 is 21.1 Å². The molecule has 2 amide bonds. The molecular weight excluding hydrogens is 304 g/mol. The first-order valence-electron chi connectivity index (χ1n) is 8.71. The summed E-state index contributed by atoms with van der Waals surface area (Å²) in [6.45, 7) is 5.71. The highest BCUT2D eigenvalue weighted by molar-refractivity contribution is 5.89. The van der Waals surface area contributed by atoms with Gasteiger partial charge in [0, 0.05) is 30.9 Å². The van der Waals surface area contributed by atoms with E-state index in [0.717, 1.165) is 18.0 Å². The monoisotopic (exact) mass is 334 g/mol. The van der Waals surface area contributed by atoms with Crippen molar-refractivity contribution in [2.75, 3.05) is 25.5 Å². The van der Waals surface area contributed by atoms with Crippen LogP contribution in [-0.4, -0.2) is 49.3 Å². The van der Waals surface area contributed by atoms with Crippen molar-refractivity contribution in [3.63, 3.8) is 0 Å². The average molecular weight is 334 g/mol. The number of piperidine rings is 1. The summed E-state index contributed by atoms with van der Waals surface area (Å²) in [6.07, 6.45) is 3.69. The Morgan fingerprint density at radius 2 is 1.92 bits per heavy atom. The van der Waals surface area contributed by atoms with E-state index in [4.69, 9.17) is 10.5 Å². The second-order valence-electron chi connectivity index (χ2n) is 6.59. The van der Waals surface area contributed by atoms with Gasteiger partial charge in [-0.3, -0.25) is 4.90 Å². The number of nitrogens with two attached hydrogens (primary N) is 1. The van der Waals surface area contributed by atoms with Gasteiger partial charge in [0.15, 0.2) is 0 Å². The number of urea groups is 1. The summed E-state index contributed by atoms with van der Waals surface area (Å²) in [5.74, 6) is 0.758. The molecule has 0 aliphatic carbocycles. The predicted molar refractivity (Wildman–Crippen MR) is 97.5 cm³/mol. The number of hydrogen-bond donors (Lipinski definition) is 3. The normalized spacial score (nSPS) is 22.7. The van der Waals surface area contributed by atoms with Crippen molar-refractivity contribution in [1.29, 1.82) is 0 Å². The summed E-state index contributed by atoms with van der Waals surface area (Å²) in [5.41, 5.74) is 6.60. The zero-order valence-electron chi connectivity index (χ0n) is 14.9. The molecule has 1 fully saturated rings. The van der Waals surface area contributed by atoms with Crippen LogP contribution in [0.3, 0.4) is 0 Å². The first-order valence-corrected chi connectivity index (χ1v) is 8.71. The van der Waals surface area contributed by atoms with Crippen LogP contribution in [0.25, 0.3) is 0 Å². The zero-order chi connectivity index (χ0) is 17.5. The molecule has 1 aromatic carbocycles. The number of nitrogens with zero attached hydrogens (tertiary/aromatic N) is 1. The highest BCUT2D eigenvalue weighted by atomic mass is 16.5. The van der Waals surface area contributed by atoms with Crippen molar-refractivity contribution in [2.45, 2.75) is 51.2 Å². The Bertz CT molecular complexity index is 510. The number of likely N-dealkylation sites (tertiary alicyclic amines) is 1. The van der Waals surface area contributed by atoms with Crippen molar-refractivity contribution in [3.05, 3.63) is 24.3 Å². The lowest BCUT2D eigenvalue weighted by Crippen LogP contribution is -2.54. The molecule has 6 heteroatoms. The van der Waals surface area contributed by atoms with Crippen LogP contribution in [0.5, 0.6) is 5.75 Å². The maximum atomic E-state index is 12.2. The molecule has 0 unspecified atom stereocenters. The van der Waals surface area contributed by atoms with E-state index in [1.807, 2.05) is 24.3 Å². The summed E-state index contributed by atoms with van der Waals surface area (Å²) >= 11 is 0. The molecular formula is C18H30N4O2. The first-order chi connectivity index (χ1) is 11.5. The van der Waals surface area contributed by atoms with E-state index in [1.54, 1.807) is 7.11 Å². The Morgan fingerprint density at radius 3 is 2.46 bits per heavy atom. The van der Waals surface area contributed by atoms with E-state index in [-0.39, 0.29) is 12.1 Å². The molecule has 4 N–H and O–H groups in total. The summed E-state index contributed by atoms with van der Waals surface area (Å²) in [5, 5.41) is 5.82. The molecule has 1 heterocycles. The number of methoxy groups -OCH3 is 1. The number of nitrogens with one attached hydrogen (secondary N) is 2. The minimum absolute atomic E-state index is 0.0637. The second kappa shape index (κ2) is 8.89. The standard InChI is InChI=1S/C18H30N4O2/c1-13-5-4-6-14(2)22(13)12-16(11-19)21-18(23)20-15-7-9-17(24-3)10-8-15/h7-10,13-14,16H,4-6,11-12,19H2,1-3H3,(H2,20,21,23)/t13-,14+,16-/m1/s1. The van der Waals surface area contributed by atoms with Gasteiger partial charge >= 0.3 is 6.03 Å². The van der Waals surface area contributed by atoms with Crippen LogP contribution in [0.15, 0.2) is 24.3 Å². The van der Waals surface area contributed by atoms with Crippen LogP contribution in [0.4, 0.5) is 10.5 Å². The van der Waals surface area contributed by atoms with Gasteiger partial charge in [0.25, 0.3) is 0 Å². The minimum atomic E-state index is -0.229. The molecule has 1 aliphatic rings. The number of hydrogen-bond acceptors (Lipinski definition) is 4. The van der Waals surface area contributed by atoms with Gasteiger partial charge in [-0.2, -0.15) is 0 Å². The SMILES string of the molecule is COc1ccc(NC(=O)N[C@H](CN)CN2[C@H](C)CCC[C@@H]2C)cc1. The molecule has 2 rings (SSSR count). The van der Waals surface area contributed by atoms with Crippen LogP contribution in [0.1, 0.15) is 33.1 Å². The lowest BCUT2D eigenvalue weighted by atomic mass is 9.97. The Labute approximate surface area is 144 Å².